The maximum Gasteiger partial charge on any atom is 0.0500 e. The van der Waals surface area contributed by atoms with Gasteiger partial charge in [0.05, 0.1) is 10.8 Å². The zero-order valence-corrected chi connectivity index (χ0v) is 13.3. The van der Waals surface area contributed by atoms with Crippen LogP contribution in [0.15, 0.2) is 58.3 Å². The molecule has 2 rings (SSSR count). The summed E-state index contributed by atoms with van der Waals surface area (Å²) in [7, 11) is -1.91. The Morgan fingerprint density at radius 2 is 1.60 bits per heavy atom. The molecule has 0 radical (unpaired) electrons. The summed E-state index contributed by atoms with van der Waals surface area (Å²) >= 11 is 0. The maximum atomic E-state index is 11.7. The molecule has 0 amide bonds. The minimum Gasteiger partial charge on any atom is -0.255 e. The third-order valence-electron chi connectivity index (χ3n) is 3.20. The minimum absolute atomic E-state index is 0.843. The molecule has 0 saturated carbocycles. The second kappa shape index (κ2) is 6.95. The van der Waals surface area contributed by atoms with Gasteiger partial charge in [0, 0.05) is 33.1 Å². The van der Waals surface area contributed by atoms with Crippen molar-refractivity contribution in [1.29, 1.82) is 0 Å². The molecule has 2 aromatic carbocycles. The van der Waals surface area contributed by atoms with Crippen molar-refractivity contribution in [2.75, 3.05) is 12.5 Å². The van der Waals surface area contributed by atoms with Crippen LogP contribution in [-0.4, -0.2) is 20.9 Å². The lowest BCUT2D eigenvalue weighted by atomic mass is 10.0. The Hall–Kier alpha value is -1.26. The first-order chi connectivity index (χ1) is 9.58. The third-order valence-corrected chi connectivity index (χ3v) is 5.13. The molecule has 0 bridgehead atoms. The van der Waals surface area contributed by atoms with E-state index in [1.54, 1.807) is 12.5 Å². The van der Waals surface area contributed by atoms with Crippen molar-refractivity contribution < 1.29 is 8.42 Å². The summed E-state index contributed by atoms with van der Waals surface area (Å²) in [6.07, 6.45) is 5.10. The highest BCUT2D eigenvalue weighted by Crippen LogP contribution is 2.16. The molecular formula is C16H18O2S2. The van der Waals surface area contributed by atoms with Gasteiger partial charge in [-0.3, -0.25) is 8.42 Å². The highest BCUT2D eigenvalue weighted by molar-refractivity contribution is 7.84. The van der Waals surface area contributed by atoms with Gasteiger partial charge in [0.15, 0.2) is 0 Å². The van der Waals surface area contributed by atoms with Gasteiger partial charge < -0.3 is 0 Å². The first kappa shape index (κ1) is 15.1. The van der Waals surface area contributed by atoms with E-state index in [9.17, 15) is 8.42 Å². The standard InChI is InChI=1S/C16H18O2S2/c1-19(17)15-8-5-6-13(12-15)10-11-14-7-3-4-9-16(14)20(2)18/h3-9,12H,10-11H2,1-2H3. The summed E-state index contributed by atoms with van der Waals surface area (Å²) in [6, 6.07) is 15.7. The molecule has 0 aliphatic rings. The van der Waals surface area contributed by atoms with E-state index in [4.69, 9.17) is 0 Å². The fourth-order valence-electron chi connectivity index (χ4n) is 2.15. The van der Waals surface area contributed by atoms with Crippen LogP contribution in [0.3, 0.4) is 0 Å². The van der Waals surface area contributed by atoms with Gasteiger partial charge in [-0.15, -0.1) is 0 Å². The van der Waals surface area contributed by atoms with Crippen LogP contribution in [-0.2, 0) is 34.4 Å². The summed E-state index contributed by atoms with van der Waals surface area (Å²) < 4.78 is 23.2. The first-order valence-electron chi connectivity index (χ1n) is 6.41. The van der Waals surface area contributed by atoms with Crippen LogP contribution >= 0.6 is 0 Å². The van der Waals surface area contributed by atoms with Crippen molar-refractivity contribution in [3.63, 3.8) is 0 Å². The van der Waals surface area contributed by atoms with Crippen LogP contribution in [0.4, 0.5) is 0 Å². The summed E-state index contributed by atoms with van der Waals surface area (Å²) in [5.41, 5.74) is 2.28. The van der Waals surface area contributed by atoms with Gasteiger partial charge in [0.25, 0.3) is 0 Å². The Bertz CT molecular complexity index is 650. The second-order valence-electron chi connectivity index (χ2n) is 4.66. The molecule has 0 fully saturated rings. The smallest absolute Gasteiger partial charge is 0.0500 e. The fourth-order valence-corrected chi connectivity index (χ4v) is 3.55. The van der Waals surface area contributed by atoms with Crippen LogP contribution in [0.25, 0.3) is 0 Å². The quantitative estimate of drug-likeness (QED) is 0.851. The average Bonchev–Trinajstić information content (AvgIpc) is 2.45. The van der Waals surface area contributed by atoms with Gasteiger partial charge in [0.1, 0.15) is 0 Å². The molecule has 4 heteroatoms. The molecule has 0 aromatic heterocycles. The zero-order valence-electron chi connectivity index (χ0n) is 11.7. The Morgan fingerprint density at radius 1 is 0.850 bits per heavy atom. The Morgan fingerprint density at radius 3 is 2.30 bits per heavy atom. The lowest BCUT2D eigenvalue weighted by Gasteiger charge is -2.08. The zero-order chi connectivity index (χ0) is 14.5. The van der Waals surface area contributed by atoms with Crippen LogP contribution < -0.4 is 0 Å². The van der Waals surface area contributed by atoms with Gasteiger partial charge in [0.2, 0.25) is 0 Å². The molecule has 106 valence electrons. The lowest BCUT2D eigenvalue weighted by molar-refractivity contribution is 0.685. The Kier molecular flexibility index (Phi) is 5.26. The maximum absolute atomic E-state index is 11.7. The van der Waals surface area contributed by atoms with Crippen molar-refractivity contribution in [3.05, 3.63) is 59.7 Å². The number of aryl methyl sites for hydroxylation is 2. The van der Waals surface area contributed by atoms with Crippen molar-refractivity contribution >= 4 is 21.6 Å². The van der Waals surface area contributed by atoms with Crippen LogP contribution in [0, 0.1) is 0 Å². The molecule has 2 unspecified atom stereocenters. The largest absolute Gasteiger partial charge is 0.255 e. The number of rotatable bonds is 5. The van der Waals surface area contributed by atoms with E-state index in [1.165, 1.54) is 0 Å². The van der Waals surface area contributed by atoms with E-state index in [1.807, 2.05) is 48.5 Å². The predicted molar refractivity (Wildman–Crippen MR) is 85.0 cm³/mol. The highest BCUT2D eigenvalue weighted by atomic mass is 32.2. The molecule has 2 atom stereocenters. The van der Waals surface area contributed by atoms with E-state index in [0.29, 0.717) is 0 Å². The summed E-state index contributed by atoms with van der Waals surface area (Å²) in [6.45, 7) is 0. The van der Waals surface area contributed by atoms with Crippen LogP contribution in [0.2, 0.25) is 0 Å². The van der Waals surface area contributed by atoms with E-state index in [0.717, 1.165) is 33.8 Å². The first-order valence-corrected chi connectivity index (χ1v) is 9.53. The van der Waals surface area contributed by atoms with Crippen LogP contribution in [0.5, 0.6) is 0 Å². The van der Waals surface area contributed by atoms with Gasteiger partial charge in [-0.25, -0.2) is 0 Å². The molecule has 0 spiro atoms. The fraction of sp³-hybridized carbons (Fsp3) is 0.250. The molecular weight excluding hydrogens is 288 g/mol. The van der Waals surface area contributed by atoms with E-state index < -0.39 is 21.6 Å². The van der Waals surface area contributed by atoms with Crippen molar-refractivity contribution in [2.45, 2.75) is 22.6 Å². The molecule has 0 N–H and O–H groups in total. The topological polar surface area (TPSA) is 34.1 Å². The Labute approximate surface area is 125 Å². The van der Waals surface area contributed by atoms with Crippen LogP contribution in [0.1, 0.15) is 11.1 Å². The normalized spacial score (nSPS) is 13.9. The molecule has 0 saturated heterocycles. The number of benzene rings is 2. The summed E-state index contributed by atoms with van der Waals surface area (Å²) in [5, 5.41) is 0. The molecule has 2 aromatic rings. The summed E-state index contributed by atoms with van der Waals surface area (Å²) in [4.78, 5) is 1.76. The van der Waals surface area contributed by atoms with Gasteiger partial charge >= 0.3 is 0 Å². The van der Waals surface area contributed by atoms with Crippen molar-refractivity contribution in [1.82, 2.24) is 0 Å². The molecule has 0 aliphatic carbocycles. The predicted octanol–water partition coefficient (Wildman–Crippen LogP) is 2.95. The third kappa shape index (κ3) is 3.87. The SMILES string of the molecule is CS(=O)c1cccc(CCc2ccccc2S(C)=O)c1. The van der Waals surface area contributed by atoms with Gasteiger partial charge in [-0.05, 0) is 42.2 Å². The molecule has 20 heavy (non-hydrogen) atoms. The number of hydrogen-bond donors (Lipinski definition) is 0. The number of hydrogen-bond acceptors (Lipinski definition) is 2. The van der Waals surface area contributed by atoms with Gasteiger partial charge in [-0.2, -0.15) is 0 Å². The highest BCUT2D eigenvalue weighted by Gasteiger charge is 2.06. The molecule has 0 aliphatic heterocycles. The second-order valence-corrected chi connectivity index (χ2v) is 7.39. The van der Waals surface area contributed by atoms with Crippen molar-refractivity contribution in [2.24, 2.45) is 0 Å². The van der Waals surface area contributed by atoms with E-state index in [2.05, 4.69) is 0 Å². The van der Waals surface area contributed by atoms with E-state index >= 15 is 0 Å². The average molecular weight is 306 g/mol. The molecule has 2 nitrogen and oxygen atoms in total. The lowest BCUT2D eigenvalue weighted by Crippen LogP contribution is -1.99. The monoisotopic (exact) mass is 306 g/mol. The molecule has 0 heterocycles. The minimum atomic E-state index is -0.959. The van der Waals surface area contributed by atoms with Gasteiger partial charge in [-0.1, -0.05) is 30.3 Å². The van der Waals surface area contributed by atoms with Crippen molar-refractivity contribution in [3.8, 4) is 0 Å². The summed E-state index contributed by atoms with van der Waals surface area (Å²) in [5.74, 6) is 0. The Balaban J connectivity index is 2.15. The van der Waals surface area contributed by atoms with E-state index in [-0.39, 0.29) is 0 Å².